The Kier molecular flexibility index (Phi) is 4.62. The molecule has 22 heavy (non-hydrogen) atoms. The molecule has 0 atom stereocenters. The molecule has 1 aliphatic rings. The van der Waals surface area contributed by atoms with Crippen LogP contribution in [0, 0.1) is 11.3 Å². The smallest absolute Gasteiger partial charge is 0.163 e. The Bertz CT molecular complexity index is 626. The second-order valence-electron chi connectivity index (χ2n) is 5.48. The Balaban J connectivity index is 1.85. The van der Waals surface area contributed by atoms with E-state index in [4.69, 9.17) is 5.26 Å². The molecule has 1 saturated heterocycles. The van der Waals surface area contributed by atoms with Gasteiger partial charge in [-0.2, -0.15) is 5.26 Å². The number of nitrogens with one attached hydrogen (secondary N) is 1. The van der Waals surface area contributed by atoms with Gasteiger partial charge in [0, 0.05) is 12.6 Å². The number of benzene rings is 1. The van der Waals surface area contributed by atoms with Gasteiger partial charge in [-0.25, -0.2) is 0 Å². The van der Waals surface area contributed by atoms with Gasteiger partial charge in [0.2, 0.25) is 0 Å². The lowest BCUT2D eigenvalue weighted by atomic mass is 10.0. The van der Waals surface area contributed by atoms with Crippen molar-refractivity contribution in [2.45, 2.75) is 25.4 Å². The molecule has 112 valence electrons. The summed E-state index contributed by atoms with van der Waals surface area (Å²) in [4.78, 5) is 2.31. The molecule has 1 N–H and O–H groups in total. The van der Waals surface area contributed by atoms with Crippen LogP contribution >= 0.6 is 0 Å². The second kappa shape index (κ2) is 7.01. The van der Waals surface area contributed by atoms with E-state index in [1.807, 2.05) is 18.2 Å². The Morgan fingerprint density at radius 3 is 2.50 bits per heavy atom. The molecule has 0 unspecified atom stereocenters. The Morgan fingerprint density at radius 2 is 1.86 bits per heavy atom. The Hall–Kier alpha value is -2.45. The summed E-state index contributed by atoms with van der Waals surface area (Å²) >= 11 is 0. The lowest BCUT2D eigenvalue weighted by molar-refractivity contribution is 0.425. The van der Waals surface area contributed by atoms with Gasteiger partial charge in [-0.1, -0.05) is 30.3 Å². The first-order valence-electron chi connectivity index (χ1n) is 7.62. The van der Waals surface area contributed by atoms with Crippen LogP contribution in [0.4, 0.5) is 5.82 Å². The average Bonchev–Trinajstić information content (AvgIpc) is 2.61. The van der Waals surface area contributed by atoms with Crippen LogP contribution in [-0.4, -0.2) is 29.3 Å². The zero-order valence-corrected chi connectivity index (χ0v) is 12.4. The first-order chi connectivity index (χ1) is 10.9. The van der Waals surface area contributed by atoms with E-state index < -0.39 is 0 Å². The minimum atomic E-state index is 0.355. The summed E-state index contributed by atoms with van der Waals surface area (Å²) in [5.74, 6) is 0.842. The zero-order chi connectivity index (χ0) is 15.2. The minimum absolute atomic E-state index is 0.355. The summed E-state index contributed by atoms with van der Waals surface area (Å²) in [7, 11) is 0. The molecule has 1 fully saturated rings. The zero-order valence-electron chi connectivity index (χ0n) is 12.4. The van der Waals surface area contributed by atoms with Gasteiger partial charge in [0.1, 0.15) is 6.07 Å². The lowest BCUT2D eigenvalue weighted by Gasteiger charge is -2.35. The van der Waals surface area contributed by atoms with Crippen LogP contribution in [0.1, 0.15) is 24.1 Å². The van der Waals surface area contributed by atoms with Crippen LogP contribution in [0.15, 0.2) is 42.5 Å². The van der Waals surface area contributed by atoms with Crippen molar-refractivity contribution in [3.8, 4) is 6.07 Å². The Morgan fingerprint density at radius 1 is 1.09 bits per heavy atom. The van der Waals surface area contributed by atoms with Gasteiger partial charge in [-0.05, 0) is 43.6 Å². The molecule has 0 bridgehead atoms. The van der Waals surface area contributed by atoms with Gasteiger partial charge in [0.05, 0.1) is 0 Å². The summed E-state index contributed by atoms with van der Waals surface area (Å²) in [5, 5.41) is 20.5. The number of nitriles is 1. The van der Waals surface area contributed by atoms with E-state index in [1.54, 1.807) is 6.07 Å². The molecule has 1 aromatic heterocycles. The van der Waals surface area contributed by atoms with Crippen LogP contribution in [0.2, 0.25) is 0 Å². The fourth-order valence-electron chi connectivity index (χ4n) is 2.83. The summed E-state index contributed by atoms with van der Waals surface area (Å²) in [6.07, 6.45) is 2.18. The highest BCUT2D eigenvalue weighted by atomic mass is 15.3. The number of piperidine rings is 1. The van der Waals surface area contributed by atoms with Gasteiger partial charge in [0.15, 0.2) is 11.5 Å². The molecule has 1 aliphatic heterocycles. The van der Waals surface area contributed by atoms with E-state index >= 15 is 0 Å². The number of aromatic nitrogens is 2. The van der Waals surface area contributed by atoms with Gasteiger partial charge >= 0.3 is 0 Å². The number of rotatable bonds is 4. The fraction of sp³-hybridized carbons (Fsp3) is 0.353. The van der Waals surface area contributed by atoms with E-state index in [0.29, 0.717) is 11.7 Å². The molecule has 3 rings (SSSR count). The first kappa shape index (κ1) is 14.5. The van der Waals surface area contributed by atoms with Gasteiger partial charge in [-0.3, -0.25) is 0 Å². The summed E-state index contributed by atoms with van der Waals surface area (Å²) in [6.45, 7) is 2.87. The molecule has 0 radical (unpaired) electrons. The maximum absolute atomic E-state index is 8.88. The topological polar surface area (TPSA) is 64.8 Å². The molecular weight excluding hydrogens is 274 g/mol. The molecule has 0 amide bonds. The largest absolute Gasteiger partial charge is 0.348 e. The first-order valence-corrected chi connectivity index (χ1v) is 7.62. The van der Waals surface area contributed by atoms with Crippen molar-refractivity contribution in [1.82, 2.24) is 15.5 Å². The van der Waals surface area contributed by atoms with Crippen LogP contribution in [0.25, 0.3) is 0 Å². The van der Waals surface area contributed by atoms with Crippen LogP contribution in [0.3, 0.4) is 0 Å². The van der Waals surface area contributed by atoms with Crippen molar-refractivity contribution in [3.05, 3.63) is 53.7 Å². The highest BCUT2D eigenvalue weighted by Gasteiger charge is 2.22. The predicted octanol–water partition coefficient (Wildman–Crippen LogP) is 2.11. The molecule has 0 aliphatic carbocycles. The highest BCUT2D eigenvalue weighted by Crippen LogP contribution is 2.22. The normalized spacial score (nSPS) is 15.2. The van der Waals surface area contributed by atoms with E-state index in [-0.39, 0.29) is 0 Å². The molecule has 1 aromatic carbocycles. The minimum Gasteiger partial charge on any atom is -0.348 e. The summed E-state index contributed by atoms with van der Waals surface area (Å²) in [6, 6.07) is 16.5. The quantitative estimate of drug-likeness (QED) is 0.935. The molecule has 2 heterocycles. The standard InChI is InChI=1S/C17H19N5/c18-12-15-6-7-17(21-20-15)22(16-8-10-19-11-9-16)13-14-4-2-1-3-5-14/h1-7,16,19H,8-11,13H2. The molecule has 5 heteroatoms. The van der Waals surface area contributed by atoms with E-state index in [0.717, 1.165) is 38.3 Å². The highest BCUT2D eigenvalue weighted by molar-refractivity contribution is 5.41. The maximum Gasteiger partial charge on any atom is 0.163 e. The maximum atomic E-state index is 8.88. The second-order valence-corrected chi connectivity index (χ2v) is 5.48. The van der Waals surface area contributed by atoms with E-state index in [1.165, 1.54) is 5.56 Å². The van der Waals surface area contributed by atoms with Crippen molar-refractivity contribution in [1.29, 1.82) is 5.26 Å². The third-order valence-electron chi connectivity index (χ3n) is 4.00. The number of anilines is 1. The van der Waals surface area contributed by atoms with Crippen LogP contribution in [0.5, 0.6) is 0 Å². The molecule has 2 aromatic rings. The van der Waals surface area contributed by atoms with Gasteiger partial charge in [-0.15, -0.1) is 10.2 Å². The van der Waals surface area contributed by atoms with Crippen molar-refractivity contribution in [2.75, 3.05) is 18.0 Å². The van der Waals surface area contributed by atoms with Crippen molar-refractivity contribution < 1.29 is 0 Å². The van der Waals surface area contributed by atoms with Gasteiger partial charge < -0.3 is 10.2 Å². The molecular formula is C17H19N5. The molecule has 0 spiro atoms. The SMILES string of the molecule is N#Cc1ccc(N(Cc2ccccc2)C2CCNCC2)nn1. The van der Waals surface area contributed by atoms with Crippen molar-refractivity contribution in [2.24, 2.45) is 0 Å². The third kappa shape index (κ3) is 3.41. The molecule has 5 nitrogen and oxygen atoms in total. The number of hydrogen-bond donors (Lipinski definition) is 1. The van der Waals surface area contributed by atoms with Crippen molar-refractivity contribution in [3.63, 3.8) is 0 Å². The lowest BCUT2D eigenvalue weighted by Crippen LogP contribution is -2.43. The Labute approximate surface area is 130 Å². The van der Waals surface area contributed by atoms with E-state index in [9.17, 15) is 0 Å². The number of nitrogens with zero attached hydrogens (tertiary/aromatic N) is 4. The van der Waals surface area contributed by atoms with Crippen LogP contribution < -0.4 is 10.2 Å². The summed E-state index contributed by atoms with van der Waals surface area (Å²) < 4.78 is 0. The fourth-order valence-corrected chi connectivity index (χ4v) is 2.83. The average molecular weight is 293 g/mol. The predicted molar refractivity (Wildman–Crippen MR) is 85.3 cm³/mol. The monoisotopic (exact) mass is 293 g/mol. The van der Waals surface area contributed by atoms with E-state index in [2.05, 4.69) is 44.7 Å². The van der Waals surface area contributed by atoms with Gasteiger partial charge in [0.25, 0.3) is 0 Å². The molecule has 0 saturated carbocycles. The van der Waals surface area contributed by atoms with Crippen LogP contribution in [-0.2, 0) is 6.54 Å². The number of hydrogen-bond acceptors (Lipinski definition) is 5. The third-order valence-corrected chi connectivity index (χ3v) is 4.00. The summed E-state index contributed by atoms with van der Waals surface area (Å²) in [5.41, 5.74) is 1.61. The van der Waals surface area contributed by atoms with Crippen molar-refractivity contribution >= 4 is 5.82 Å².